The van der Waals surface area contributed by atoms with Gasteiger partial charge in [0.05, 0.1) is 5.52 Å². The molecule has 0 aliphatic rings. The van der Waals surface area contributed by atoms with Crippen LogP contribution in [0.3, 0.4) is 0 Å². The van der Waals surface area contributed by atoms with E-state index in [4.69, 9.17) is 4.74 Å². The SMILES string of the molecule is O=c1cc(Oc2ccc(OC(F)F)cc2)c2ccccc2[nH]1. The maximum atomic E-state index is 12.1. The van der Waals surface area contributed by atoms with E-state index in [9.17, 15) is 13.6 Å². The molecule has 1 aromatic heterocycles. The van der Waals surface area contributed by atoms with E-state index in [1.54, 1.807) is 12.1 Å². The largest absolute Gasteiger partial charge is 0.456 e. The Morgan fingerprint density at radius 2 is 1.64 bits per heavy atom. The standard InChI is InChI=1S/C16H11F2NO3/c17-16(18)22-11-7-5-10(6-8-11)21-14-9-15(20)19-13-4-2-1-3-12(13)14/h1-9,16H,(H,19,20). The molecular formula is C16H11F2NO3. The number of aromatic amines is 1. The highest BCUT2D eigenvalue weighted by atomic mass is 19.3. The van der Waals surface area contributed by atoms with Gasteiger partial charge in [-0.2, -0.15) is 8.78 Å². The number of hydrogen-bond donors (Lipinski definition) is 1. The van der Waals surface area contributed by atoms with Gasteiger partial charge in [0.2, 0.25) is 0 Å². The Bertz CT molecular complexity index is 844. The fourth-order valence-corrected chi connectivity index (χ4v) is 2.07. The molecule has 0 bridgehead atoms. The van der Waals surface area contributed by atoms with E-state index in [2.05, 4.69) is 9.72 Å². The molecule has 6 heteroatoms. The Morgan fingerprint density at radius 1 is 0.955 bits per heavy atom. The highest BCUT2D eigenvalue weighted by Gasteiger charge is 2.07. The molecule has 1 heterocycles. The van der Waals surface area contributed by atoms with Gasteiger partial charge in [-0.3, -0.25) is 4.79 Å². The van der Waals surface area contributed by atoms with Crippen LogP contribution in [-0.4, -0.2) is 11.6 Å². The Kier molecular flexibility index (Phi) is 3.74. The molecule has 0 aliphatic heterocycles. The van der Waals surface area contributed by atoms with Crippen molar-refractivity contribution in [2.75, 3.05) is 0 Å². The minimum atomic E-state index is -2.87. The normalized spacial score (nSPS) is 10.9. The van der Waals surface area contributed by atoms with Gasteiger partial charge in [0, 0.05) is 11.5 Å². The van der Waals surface area contributed by atoms with Crippen molar-refractivity contribution in [3.05, 3.63) is 65.0 Å². The first-order valence-corrected chi connectivity index (χ1v) is 6.46. The predicted molar refractivity (Wildman–Crippen MR) is 77.7 cm³/mol. The Morgan fingerprint density at radius 3 is 2.36 bits per heavy atom. The van der Waals surface area contributed by atoms with Crippen LogP contribution in [0.25, 0.3) is 10.9 Å². The molecule has 0 unspecified atom stereocenters. The number of nitrogens with one attached hydrogen (secondary N) is 1. The summed E-state index contributed by atoms with van der Waals surface area (Å²) in [6.07, 6.45) is 0. The van der Waals surface area contributed by atoms with Gasteiger partial charge in [-0.25, -0.2) is 0 Å². The summed E-state index contributed by atoms with van der Waals surface area (Å²) in [5, 5.41) is 0.745. The lowest BCUT2D eigenvalue weighted by Gasteiger charge is -2.09. The number of ether oxygens (including phenoxy) is 2. The summed E-state index contributed by atoms with van der Waals surface area (Å²) in [5.74, 6) is 0.845. The van der Waals surface area contributed by atoms with Crippen molar-refractivity contribution in [2.45, 2.75) is 6.61 Å². The van der Waals surface area contributed by atoms with Crippen LogP contribution in [0.1, 0.15) is 0 Å². The summed E-state index contributed by atoms with van der Waals surface area (Å²) >= 11 is 0. The first kappa shape index (κ1) is 14.1. The number of fused-ring (bicyclic) bond motifs is 1. The quantitative estimate of drug-likeness (QED) is 0.794. The third-order valence-corrected chi connectivity index (χ3v) is 2.99. The van der Waals surface area contributed by atoms with Gasteiger partial charge in [0.1, 0.15) is 17.2 Å². The lowest BCUT2D eigenvalue weighted by atomic mass is 10.2. The van der Waals surface area contributed by atoms with E-state index in [0.29, 0.717) is 17.0 Å². The molecular weight excluding hydrogens is 292 g/mol. The predicted octanol–water partition coefficient (Wildman–Crippen LogP) is 3.92. The number of para-hydroxylation sites is 1. The van der Waals surface area contributed by atoms with Crippen molar-refractivity contribution >= 4 is 10.9 Å². The summed E-state index contributed by atoms with van der Waals surface area (Å²) in [7, 11) is 0. The molecule has 3 rings (SSSR count). The van der Waals surface area contributed by atoms with Crippen LogP contribution in [0.2, 0.25) is 0 Å². The topological polar surface area (TPSA) is 51.3 Å². The lowest BCUT2D eigenvalue weighted by molar-refractivity contribution is -0.0498. The molecule has 0 amide bonds. The minimum Gasteiger partial charge on any atom is -0.456 e. The van der Waals surface area contributed by atoms with Crippen LogP contribution >= 0.6 is 0 Å². The molecule has 22 heavy (non-hydrogen) atoms. The van der Waals surface area contributed by atoms with Crippen LogP contribution in [-0.2, 0) is 0 Å². The molecule has 4 nitrogen and oxygen atoms in total. The van der Waals surface area contributed by atoms with Crippen LogP contribution < -0.4 is 15.0 Å². The zero-order chi connectivity index (χ0) is 15.5. The summed E-state index contributed by atoms with van der Waals surface area (Å²) in [5.41, 5.74) is 0.369. The highest BCUT2D eigenvalue weighted by molar-refractivity contribution is 5.84. The Hall–Kier alpha value is -2.89. The number of pyridine rings is 1. The van der Waals surface area contributed by atoms with Crippen molar-refractivity contribution in [1.29, 1.82) is 0 Å². The van der Waals surface area contributed by atoms with Crippen molar-refractivity contribution < 1.29 is 18.3 Å². The smallest absolute Gasteiger partial charge is 0.387 e. The molecule has 0 saturated heterocycles. The molecule has 0 aliphatic carbocycles. The third kappa shape index (κ3) is 3.06. The third-order valence-electron chi connectivity index (χ3n) is 2.99. The van der Waals surface area contributed by atoms with Crippen LogP contribution in [0.4, 0.5) is 8.78 Å². The minimum absolute atomic E-state index is 0.0399. The van der Waals surface area contributed by atoms with Crippen molar-refractivity contribution in [1.82, 2.24) is 4.98 Å². The van der Waals surface area contributed by atoms with Crippen LogP contribution in [0.15, 0.2) is 59.4 Å². The van der Waals surface area contributed by atoms with E-state index in [1.165, 1.54) is 30.3 Å². The maximum Gasteiger partial charge on any atom is 0.387 e. The number of halogens is 2. The van der Waals surface area contributed by atoms with Crippen molar-refractivity contribution in [3.63, 3.8) is 0 Å². The second-order valence-electron chi connectivity index (χ2n) is 4.50. The van der Waals surface area contributed by atoms with Gasteiger partial charge in [-0.1, -0.05) is 12.1 Å². The monoisotopic (exact) mass is 303 g/mol. The summed E-state index contributed by atoms with van der Waals surface area (Å²) in [6.45, 7) is -2.87. The second-order valence-corrected chi connectivity index (χ2v) is 4.50. The van der Waals surface area contributed by atoms with Gasteiger partial charge in [0.15, 0.2) is 0 Å². The Balaban J connectivity index is 1.91. The van der Waals surface area contributed by atoms with Crippen molar-refractivity contribution in [3.8, 4) is 17.2 Å². The zero-order valence-corrected chi connectivity index (χ0v) is 11.3. The number of aromatic nitrogens is 1. The summed E-state index contributed by atoms with van der Waals surface area (Å²) in [6, 6.07) is 14.3. The zero-order valence-electron chi connectivity index (χ0n) is 11.3. The van der Waals surface area contributed by atoms with Crippen molar-refractivity contribution in [2.24, 2.45) is 0 Å². The van der Waals surface area contributed by atoms with Crippen LogP contribution in [0.5, 0.6) is 17.2 Å². The maximum absolute atomic E-state index is 12.1. The van der Waals surface area contributed by atoms with E-state index in [-0.39, 0.29) is 11.3 Å². The van der Waals surface area contributed by atoms with Gasteiger partial charge in [-0.05, 0) is 36.4 Å². The summed E-state index contributed by atoms with van der Waals surface area (Å²) < 4.78 is 34.1. The lowest BCUT2D eigenvalue weighted by Crippen LogP contribution is -2.04. The fraction of sp³-hybridized carbons (Fsp3) is 0.0625. The van der Waals surface area contributed by atoms with E-state index >= 15 is 0 Å². The van der Waals surface area contributed by atoms with Gasteiger partial charge in [-0.15, -0.1) is 0 Å². The molecule has 0 spiro atoms. The first-order valence-electron chi connectivity index (χ1n) is 6.46. The molecule has 0 atom stereocenters. The van der Waals surface area contributed by atoms with Gasteiger partial charge >= 0.3 is 6.61 Å². The number of hydrogen-bond acceptors (Lipinski definition) is 3. The summed E-state index contributed by atoms with van der Waals surface area (Å²) in [4.78, 5) is 14.3. The number of rotatable bonds is 4. The van der Waals surface area contributed by atoms with Gasteiger partial charge < -0.3 is 14.5 Å². The Labute approximate surface area is 123 Å². The van der Waals surface area contributed by atoms with E-state index in [1.807, 2.05) is 12.1 Å². The fourth-order valence-electron chi connectivity index (χ4n) is 2.07. The molecule has 112 valence electrons. The molecule has 0 fully saturated rings. The van der Waals surface area contributed by atoms with E-state index in [0.717, 1.165) is 5.39 Å². The highest BCUT2D eigenvalue weighted by Crippen LogP contribution is 2.28. The number of H-pyrrole nitrogens is 1. The number of benzene rings is 2. The molecule has 1 N–H and O–H groups in total. The molecule has 3 aromatic rings. The first-order chi connectivity index (χ1) is 10.6. The molecule has 0 saturated carbocycles. The van der Waals surface area contributed by atoms with E-state index < -0.39 is 6.61 Å². The average Bonchev–Trinajstić information content (AvgIpc) is 2.48. The van der Waals surface area contributed by atoms with Gasteiger partial charge in [0.25, 0.3) is 5.56 Å². The average molecular weight is 303 g/mol. The van der Waals surface area contributed by atoms with Crippen LogP contribution in [0, 0.1) is 0 Å². The molecule has 0 radical (unpaired) electrons. The molecule has 2 aromatic carbocycles. The second kappa shape index (κ2) is 5.85. The number of alkyl halides is 2.